The molecule has 0 bridgehead atoms. The van der Waals surface area contributed by atoms with E-state index in [-0.39, 0.29) is 38.2 Å². The van der Waals surface area contributed by atoms with Gasteiger partial charge in [0.15, 0.2) is 0 Å². The summed E-state index contributed by atoms with van der Waals surface area (Å²) < 4.78 is 0. The first-order valence-electron chi connectivity index (χ1n) is 13.3. The molecule has 1 aromatic heterocycles. The van der Waals surface area contributed by atoms with Crippen molar-refractivity contribution < 1.29 is 30.3 Å². The predicted molar refractivity (Wildman–Crippen MR) is 138 cm³/mol. The third kappa shape index (κ3) is 5.88. The number of benzene rings is 2. The van der Waals surface area contributed by atoms with Gasteiger partial charge in [-0.3, -0.25) is 4.98 Å². The largest absolute Gasteiger partial charge is 0.393 e. The third-order valence-corrected chi connectivity index (χ3v) is 8.71. The molecule has 3 aliphatic rings. The molecule has 0 aliphatic heterocycles. The van der Waals surface area contributed by atoms with Crippen LogP contribution in [0.1, 0.15) is 63.4 Å². The minimum atomic E-state index is -0.225. The maximum Gasteiger partial charge on any atom is 0.0626 e. The average Bonchev–Trinajstić information content (AvgIpc) is 3.49. The van der Waals surface area contributed by atoms with Crippen molar-refractivity contribution >= 4 is 10.9 Å². The van der Waals surface area contributed by atoms with E-state index in [0.29, 0.717) is 11.8 Å². The van der Waals surface area contributed by atoms with Crippen LogP contribution in [0, 0.1) is 36.7 Å². The van der Waals surface area contributed by atoms with E-state index in [1.165, 1.54) is 55.9 Å². The van der Waals surface area contributed by atoms with Crippen LogP contribution in [0.5, 0.6) is 0 Å². The molecule has 189 valence electrons. The number of fused-ring (bicyclic) bond motifs is 2. The van der Waals surface area contributed by atoms with Crippen LogP contribution in [0.2, 0.25) is 0 Å². The Morgan fingerprint density at radius 1 is 0.800 bits per heavy atom. The Kier molecular flexibility index (Phi) is 9.16. The molecular weight excluding hydrogens is 611 g/mol. The quantitative estimate of drug-likeness (QED) is 0.303. The number of hydrogen-bond donors (Lipinski definition) is 2. The van der Waals surface area contributed by atoms with Crippen molar-refractivity contribution in [2.75, 3.05) is 0 Å². The van der Waals surface area contributed by atoms with E-state index in [4.69, 9.17) is 0 Å². The first-order valence-corrected chi connectivity index (χ1v) is 13.3. The Labute approximate surface area is 223 Å². The Balaban J connectivity index is 0.000000160. The summed E-state index contributed by atoms with van der Waals surface area (Å²) in [7, 11) is 0. The van der Waals surface area contributed by atoms with Crippen LogP contribution >= 0.6 is 0 Å². The van der Waals surface area contributed by atoms with Gasteiger partial charge in [0.1, 0.15) is 0 Å². The van der Waals surface area contributed by atoms with E-state index < -0.39 is 0 Å². The normalized spacial score (nSPS) is 28.5. The van der Waals surface area contributed by atoms with Gasteiger partial charge in [-0.15, -0.1) is 35.9 Å². The first kappa shape index (κ1) is 26.5. The van der Waals surface area contributed by atoms with Gasteiger partial charge in [0.2, 0.25) is 0 Å². The number of aryl methyl sites for hydroxylation is 1. The fourth-order valence-corrected chi connectivity index (χ4v) is 6.91. The zero-order chi connectivity index (χ0) is 23.5. The van der Waals surface area contributed by atoms with Crippen molar-refractivity contribution in [1.82, 2.24) is 4.98 Å². The second kappa shape index (κ2) is 12.1. The topological polar surface area (TPSA) is 53.4 Å². The van der Waals surface area contributed by atoms with Gasteiger partial charge in [0.05, 0.1) is 17.7 Å². The Morgan fingerprint density at radius 3 is 2.37 bits per heavy atom. The molecule has 0 spiro atoms. The Hall–Kier alpha value is -1.58. The van der Waals surface area contributed by atoms with Crippen molar-refractivity contribution in [1.29, 1.82) is 0 Å². The summed E-state index contributed by atoms with van der Waals surface area (Å²) in [6, 6.07) is 21.5. The van der Waals surface area contributed by atoms with Gasteiger partial charge in [-0.05, 0) is 67.7 Å². The zero-order valence-corrected chi connectivity index (χ0v) is 23.1. The second-order valence-electron chi connectivity index (χ2n) is 10.7. The summed E-state index contributed by atoms with van der Waals surface area (Å²) in [5, 5.41) is 22.0. The van der Waals surface area contributed by atoms with Crippen molar-refractivity contribution in [3.8, 4) is 11.3 Å². The van der Waals surface area contributed by atoms with Crippen molar-refractivity contribution in [2.45, 2.75) is 76.9 Å². The van der Waals surface area contributed by atoms with E-state index in [1.54, 1.807) is 0 Å². The van der Waals surface area contributed by atoms with Crippen LogP contribution in [-0.4, -0.2) is 27.4 Å². The van der Waals surface area contributed by atoms with Gasteiger partial charge < -0.3 is 10.2 Å². The Morgan fingerprint density at radius 2 is 1.60 bits per heavy atom. The number of pyridine rings is 1. The molecule has 3 aliphatic carbocycles. The van der Waals surface area contributed by atoms with Crippen molar-refractivity contribution in [3.05, 3.63) is 66.2 Å². The Bertz CT molecular complexity index is 1080. The molecule has 6 rings (SSSR count). The molecule has 5 atom stereocenters. The minimum Gasteiger partial charge on any atom is -0.393 e. The molecule has 3 aromatic rings. The monoisotopic (exact) mass is 649 g/mol. The number of hydrogen-bond acceptors (Lipinski definition) is 3. The standard InChI is InChI=1S/C16H12N.C15H26O2.Ir/c1-12-6-5-9-16-14(12)10-11-15(17-16)13-7-3-2-4-8-13;16-13-9-8-11-6-3-7-12(15(17)14(11)13)10-4-1-2-5-10;/h2-7,9-11H,1H3;10-17H,1-9H2;/q-1;;. The van der Waals surface area contributed by atoms with Crippen molar-refractivity contribution in [3.63, 3.8) is 0 Å². The van der Waals surface area contributed by atoms with Gasteiger partial charge in [-0.1, -0.05) is 56.4 Å². The van der Waals surface area contributed by atoms with Gasteiger partial charge in [0.25, 0.3) is 0 Å². The average molecular weight is 649 g/mol. The summed E-state index contributed by atoms with van der Waals surface area (Å²) in [6.07, 6.45) is 10.7. The molecule has 2 aromatic carbocycles. The van der Waals surface area contributed by atoms with Crippen LogP contribution in [0.4, 0.5) is 0 Å². The summed E-state index contributed by atoms with van der Waals surface area (Å²) in [6.45, 7) is 2.11. The fourth-order valence-electron chi connectivity index (χ4n) is 6.91. The third-order valence-electron chi connectivity index (χ3n) is 8.71. The summed E-state index contributed by atoms with van der Waals surface area (Å²) in [5.74, 6) is 2.03. The van der Waals surface area contributed by atoms with E-state index in [1.807, 2.05) is 30.3 Å². The van der Waals surface area contributed by atoms with Crippen LogP contribution in [0.15, 0.2) is 54.6 Å². The summed E-state index contributed by atoms with van der Waals surface area (Å²) >= 11 is 0. The number of rotatable bonds is 2. The van der Waals surface area contributed by atoms with Gasteiger partial charge in [0, 0.05) is 31.4 Å². The van der Waals surface area contributed by atoms with Gasteiger partial charge >= 0.3 is 0 Å². The van der Waals surface area contributed by atoms with Crippen LogP contribution in [-0.2, 0) is 20.1 Å². The molecule has 35 heavy (non-hydrogen) atoms. The molecule has 3 nitrogen and oxygen atoms in total. The van der Waals surface area contributed by atoms with Gasteiger partial charge in [-0.2, -0.15) is 0 Å². The van der Waals surface area contributed by atoms with Gasteiger partial charge in [-0.25, -0.2) is 0 Å². The summed E-state index contributed by atoms with van der Waals surface area (Å²) in [4.78, 5) is 4.68. The SMILES string of the molecule is Cc1cccc2nc(-c3[c-]cccc3)ccc12.OC1CCC2CCCC(C3CCCC3)C(O)C12.[Ir]. The van der Waals surface area contributed by atoms with Crippen LogP contribution in [0.3, 0.4) is 0 Å². The zero-order valence-electron chi connectivity index (χ0n) is 20.7. The predicted octanol–water partition coefficient (Wildman–Crippen LogP) is 6.73. The minimum absolute atomic E-state index is 0. The molecule has 5 unspecified atom stereocenters. The van der Waals surface area contributed by atoms with E-state index in [0.717, 1.165) is 35.5 Å². The molecule has 4 heteroatoms. The summed E-state index contributed by atoms with van der Waals surface area (Å²) in [5.41, 5.74) is 4.32. The van der Waals surface area contributed by atoms with E-state index >= 15 is 0 Å². The smallest absolute Gasteiger partial charge is 0.0626 e. The van der Waals surface area contributed by atoms with E-state index in [9.17, 15) is 10.2 Å². The first-order chi connectivity index (χ1) is 16.6. The maximum atomic E-state index is 10.7. The molecule has 1 radical (unpaired) electrons. The number of aromatic nitrogens is 1. The number of aliphatic hydroxyl groups is 2. The number of aliphatic hydroxyl groups excluding tert-OH is 2. The fraction of sp³-hybridized carbons (Fsp3) is 0.516. The molecule has 0 amide bonds. The van der Waals surface area contributed by atoms with Crippen LogP contribution < -0.4 is 0 Å². The van der Waals surface area contributed by atoms with Crippen LogP contribution in [0.25, 0.3) is 22.2 Å². The maximum absolute atomic E-state index is 10.7. The number of nitrogens with zero attached hydrogens (tertiary/aromatic N) is 1. The molecule has 3 fully saturated rings. The second-order valence-corrected chi connectivity index (χ2v) is 10.7. The van der Waals surface area contributed by atoms with Crippen molar-refractivity contribution in [2.24, 2.45) is 23.7 Å². The molecule has 0 saturated heterocycles. The molecule has 3 saturated carbocycles. The molecule has 1 heterocycles. The molecule has 2 N–H and O–H groups in total. The molecular formula is C31H38IrNO2-. The van der Waals surface area contributed by atoms with E-state index in [2.05, 4.69) is 42.2 Å².